The first kappa shape index (κ1) is 17.7. The zero-order valence-electron chi connectivity index (χ0n) is 12.9. The molecule has 0 bridgehead atoms. The van der Waals surface area contributed by atoms with Gasteiger partial charge in [0.05, 0.1) is 18.2 Å². The summed E-state index contributed by atoms with van der Waals surface area (Å²) in [6.45, 7) is 4.47. The Bertz CT molecular complexity index is 499. The van der Waals surface area contributed by atoms with Gasteiger partial charge < -0.3 is 14.8 Å². The SMILES string of the molecule is CNCC1CCCN1Cc1cc(Cl)c2c(c1)OCCCO2.Cl. The largest absolute Gasteiger partial charge is 0.489 e. The van der Waals surface area contributed by atoms with Gasteiger partial charge in [0.2, 0.25) is 0 Å². The third-order valence-corrected chi connectivity index (χ3v) is 4.47. The zero-order chi connectivity index (χ0) is 14.7. The first-order chi connectivity index (χ1) is 10.3. The average Bonchev–Trinajstić information content (AvgIpc) is 2.74. The highest BCUT2D eigenvalue weighted by Gasteiger charge is 2.24. The number of rotatable bonds is 4. The van der Waals surface area contributed by atoms with E-state index in [4.69, 9.17) is 21.1 Å². The van der Waals surface area contributed by atoms with E-state index in [0.29, 0.717) is 30.0 Å². The number of nitrogens with one attached hydrogen (secondary N) is 1. The van der Waals surface area contributed by atoms with Crippen molar-refractivity contribution in [2.24, 2.45) is 0 Å². The molecule has 1 aromatic rings. The highest BCUT2D eigenvalue weighted by atomic mass is 35.5. The van der Waals surface area contributed by atoms with Gasteiger partial charge in [-0.3, -0.25) is 4.90 Å². The van der Waals surface area contributed by atoms with E-state index in [1.165, 1.54) is 18.4 Å². The number of benzene rings is 1. The summed E-state index contributed by atoms with van der Waals surface area (Å²) in [7, 11) is 2.01. The maximum atomic E-state index is 6.37. The van der Waals surface area contributed by atoms with Gasteiger partial charge in [0.15, 0.2) is 11.5 Å². The van der Waals surface area contributed by atoms with E-state index in [1.54, 1.807) is 0 Å². The smallest absolute Gasteiger partial charge is 0.179 e. The highest BCUT2D eigenvalue weighted by Crippen LogP contribution is 2.38. The van der Waals surface area contributed by atoms with Crippen LogP contribution in [0.1, 0.15) is 24.8 Å². The van der Waals surface area contributed by atoms with Crippen LogP contribution in [0.5, 0.6) is 11.5 Å². The van der Waals surface area contributed by atoms with Gasteiger partial charge in [-0.1, -0.05) is 11.6 Å². The molecule has 0 aromatic heterocycles. The number of fused-ring (bicyclic) bond motifs is 1. The topological polar surface area (TPSA) is 33.7 Å². The molecule has 2 aliphatic rings. The van der Waals surface area contributed by atoms with E-state index < -0.39 is 0 Å². The standard InChI is InChI=1S/C16H23ClN2O2.ClH/c1-18-10-13-4-2-5-19(13)11-12-8-14(17)16-15(9-12)20-6-3-7-21-16;/h8-9,13,18H,2-7,10-11H2,1H3;1H. The lowest BCUT2D eigenvalue weighted by Gasteiger charge is -2.24. The molecular formula is C16H24Cl2N2O2. The van der Waals surface area contributed by atoms with Gasteiger partial charge >= 0.3 is 0 Å². The van der Waals surface area contributed by atoms with E-state index in [1.807, 2.05) is 13.1 Å². The second kappa shape index (κ2) is 8.25. The van der Waals surface area contributed by atoms with Crippen LogP contribution >= 0.6 is 24.0 Å². The molecule has 0 radical (unpaired) electrons. The van der Waals surface area contributed by atoms with Gasteiger partial charge in [-0.15, -0.1) is 12.4 Å². The number of hydrogen-bond acceptors (Lipinski definition) is 4. The van der Waals surface area contributed by atoms with Gasteiger partial charge in [0.1, 0.15) is 0 Å². The number of likely N-dealkylation sites (tertiary alicyclic amines) is 1. The molecule has 3 rings (SSSR count). The van der Waals surface area contributed by atoms with E-state index in [9.17, 15) is 0 Å². The zero-order valence-corrected chi connectivity index (χ0v) is 14.5. The fourth-order valence-corrected chi connectivity index (χ4v) is 3.47. The first-order valence-electron chi connectivity index (χ1n) is 7.74. The molecule has 0 saturated carbocycles. The van der Waals surface area contributed by atoms with E-state index in [2.05, 4.69) is 16.3 Å². The lowest BCUT2D eigenvalue weighted by molar-refractivity contribution is 0.241. The van der Waals surface area contributed by atoms with Crippen LogP contribution in [0.2, 0.25) is 5.02 Å². The summed E-state index contributed by atoms with van der Waals surface area (Å²) in [5, 5.41) is 3.94. The first-order valence-corrected chi connectivity index (χ1v) is 8.12. The van der Waals surface area contributed by atoms with Crippen molar-refractivity contribution in [2.45, 2.75) is 31.8 Å². The van der Waals surface area contributed by atoms with E-state index in [-0.39, 0.29) is 12.4 Å². The van der Waals surface area contributed by atoms with Gasteiger partial charge in [0.25, 0.3) is 0 Å². The van der Waals surface area contributed by atoms with Gasteiger partial charge in [-0.05, 0) is 44.1 Å². The van der Waals surface area contributed by atoms with Crippen molar-refractivity contribution in [2.75, 3.05) is 33.4 Å². The molecule has 1 fully saturated rings. The Morgan fingerprint density at radius 2 is 2.09 bits per heavy atom. The number of likely N-dealkylation sites (N-methyl/N-ethyl adjacent to an activating group) is 1. The quantitative estimate of drug-likeness (QED) is 0.908. The molecule has 2 heterocycles. The molecule has 22 heavy (non-hydrogen) atoms. The van der Waals surface area contributed by atoms with Gasteiger partial charge in [-0.25, -0.2) is 0 Å². The number of halogens is 2. The van der Waals surface area contributed by atoms with Crippen molar-refractivity contribution >= 4 is 24.0 Å². The number of ether oxygens (including phenoxy) is 2. The molecule has 124 valence electrons. The molecule has 1 unspecified atom stereocenters. The van der Waals surface area contributed by atoms with Crippen LogP contribution in [-0.2, 0) is 6.54 Å². The highest BCUT2D eigenvalue weighted by molar-refractivity contribution is 6.32. The van der Waals surface area contributed by atoms with Crippen molar-refractivity contribution in [3.63, 3.8) is 0 Å². The third kappa shape index (κ3) is 3.99. The molecule has 1 aromatic carbocycles. The van der Waals surface area contributed by atoms with E-state index >= 15 is 0 Å². The van der Waals surface area contributed by atoms with Gasteiger partial charge in [0, 0.05) is 25.6 Å². The Kier molecular flexibility index (Phi) is 6.63. The van der Waals surface area contributed by atoms with Crippen molar-refractivity contribution in [1.82, 2.24) is 10.2 Å². The Balaban J connectivity index is 0.00000176. The summed E-state index contributed by atoms with van der Waals surface area (Å²) in [6, 6.07) is 4.72. The predicted octanol–water partition coefficient (Wildman–Crippen LogP) is 3.11. The Morgan fingerprint density at radius 1 is 1.27 bits per heavy atom. The van der Waals surface area contributed by atoms with Crippen LogP contribution in [0.15, 0.2) is 12.1 Å². The summed E-state index contributed by atoms with van der Waals surface area (Å²) < 4.78 is 11.5. The molecular weight excluding hydrogens is 323 g/mol. The number of hydrogen-bond donors (Lipinski definition) is 1. The van der Waals surface area contributed by atoms with Crippen LogP contribution in [0, 0.1) is 0 Å². The summed E-state index contributed by atoms with van der Waals surface area (Å²) >= 11 is 6.37. The normalized spacial score (nSPS) is 21.3. The maximum Gasteiger partial charge on any atom is 0.179 e. The van der Waals surface area contributed by atoms with Crippen molar-refractivity contribution in [3.8, 4) is 11.5 Å². The lowest BCUT2D eigenvalue weighted by atomic mass is 10.1. The van der Waals surface area contributed by atoms with Crippen LogP contribution in [0.25, 0.3) is 0 Å². The number of nitrogens with zero attached hydrogens (tertiary/aromatic N) is 1. The minimum atomic E-state index is 0. The molecule has 2 aliphatic heterocycles. The Labute approximate surface area is 143 Å². The summed E-state index contributed by atoms with van der Waals surface area (Å²) in [5.41, 5.74) is 1.20. The fourth-order valence-electron chi connectivity index (χ4n) is 3.18. The minimum Gasteiger partial charge on any atom is -0.489 e. The average molecular weight is 347 g/mol. The summed E-state index contributed by atoms with van der Waals surface area (Å²) in [5.74, 6) is 1.49. The Morgan fingerprint density at radius 3 is 2.91 bits per heavy atom. The molecule has 1 N–H and O–H groups in total. The lowest BCUT2D eigenvalue weighted by Crippen LogP contribution is -2.36. The minimum absolute atomic E-state index is 0. The molecule has 0 amide bonds. The second-order valence-electron chi connectivity index (χ2n) is 5.78. The molecule has 6 heteroatoms. The predicted molar refractivity (Wildman–Crippen MR) is 91.7 cm³/mol. The molecule has 1 atom stereocenters. The fraction of sp³-hybridized carbons (Fsp3) is 0.625. The summed E-state index contributed by atoms with van der Waals surface area (Å²) in [4.78, 5) is 2.52. The van der Waals surface area contributed by atoms with Crippen molar-refractivity contribution in [3.05, 3.63) is 22.7 Å². The van der Waals surface area contributed by atoms with Crippen molar-refractivity contribution in [1.29, 1.82) is 0 Å². The molecule has 1 saturated heterocycles. The van der Waals surface area contributed by atoms with Crippen LogP contribution < -0.4 is 14.8 Å². The maximum absolute atomic E-state index is 6.37. The third-order valence-electron chi connectivity index (χ3n) is 4.19. The van der Waals surface area contributed by atoms with Crippen LogP contribution in [0.3, 0.4) is 0 Å². The van der Waals surface area contributed by atoms with E-state index in [0.717, 1.165) is 31.8 Å². The summed E-state index contributed by atoms with van der Waals surface area (Å²) in [6.07, 6.45) is 3.43. The molecule has 4 nitrogen and oxygen atoms in total. The monoisotopic (exact) mass is 346 g/mol. The Hall–Kier alpha value is -0.680. The molecule has 0 spiro atoms. The van der Waals surface area contributed by atoms with Crippen LogP contribution in [0.4, 0.5) is 0 Å². The molecule has 0 aliphatic carbocycles. The van der Waals surface area contributed by atoms with Gasteiger partial charge in [-0.2, -0.15) is 0 Å². The van der Waals surface area contributed by atoms with Crippen LogP contribution in [-0.4, -0.2) is 44.3 Å². The van der Waals surface area contributed by atoms with Crippen molar-refractivity contribution < 1.29 is 9.47 Å². The second-order valence-corrected chi connectivity index (χ2v) is 6.19.